The Hall–Kier alpha value is -1.38. The number of rotatable bonds is 4. The third-order valence-electron chi connectivity index (χ3n) is 3.58. The van der Waals surface area contributed by atoms with E-state index >= 15 is 0 Å². The summed E-state index contributed by atoms with van der Waals surface area (Å²) in [7, 11) is 1.06. The summed E-state index contributed by atoms with van der Waals surface area (Å²) in [6.07, 6.45) is 0.771. The van der Waals surface area contributed by atoms with Crippen molar-refractivity contribution in [3.63, 3.8) is 0 Å². The average molecular weight is 327 g/mol. The topological polar surface area (TPSA) is 118 Å². The standard InChI is InChI=1S/C10H17N5O4Si2/c11-8-5-9(13-2-12-8)15(3-14-5)10-7(19-21)6(16)4(18-10)1-17-20/h2-4,6-7,10,16H,1H2,20-21H3,(H2,11,12,13)/t4-,6?,7?,10-/m1/s1. The van der Waals surface area contributed by atoms with Crippen molar-refractivity contribution in [3.05, 3.63) is 12.7 Å². The van der Waals surface area contributed by atoms with Crippen LogP contribution in [0.3, 0.4) is 0 Å². The number of hydrogen-bond donors (Lipinski definition) is 2. The lowest BCUT2D eigenvalue weighted by Crippen LogP contribution is -2.35. The molecule has 2 aromatic heterocycles. The lowest BCUT2D eigenvalue weighted by atomic mass is 10.1. The second-order valence-electron chi connectivity index (χ2n) is 4.79. The van der Waals surface area contributed by atoms with Crippen LogP contribution in [0.15, 0.2) is 12.7 Å². The number of hydrogen-bond acceptors (Lipinski definition) is 8. The third kappa shape index (κ3) is 2.37. The van der Waals surface area contributed by atoms with Gasteiger partial charge in [-0.05, 0) is 0 Å². The molecular formula is C10H17N5O4Si2. The molecule has 1 saturated heterocycles. The van der Waals surface area contributed by atoms with Gasteiger partial charge in [-0.15, -0.1) is 0 Å². The first-order chi connectivity index (χ1) is 10.2. The van der Waals surface area contributed by atoms with Gasteiger partial charge in [-0.3, -0.25) is 4.57 Å². The highest BCUT2D eigenvalue weighted by Gasteiger charge is 2.45. The van der Waals surface area contributed by atoms with Gasteiger partial charge in [0.2, 0.25) is 0 Å². The minimum Gasteiger partial charge on any atom is -0.425 e. The van der Waals surface area contributed by atoms with Crippen molar-refractivity contribution in [2.75, 3.05) is 12.3 Å². The van der Waals surface area contributed by atoms with E-state index in [0.29, 0.717) is 44.6 Å². The zero-order chi connectivity index (χ0) is 15.0. The van der Waals surface area contributed by atoms with E-state index < -0.39 is 24.5 Å². The minimum atomic E-state index is -0.752. The number of imidazole rings is 1. The summed E-state index contributed by atoms with van der Waals surface area (Å²) in [6, 6.07) is 0. The van der Waals surface area contributed by atoms with Crippen molar-refractivity contribution < 1.29 is 18.7 Å². The molecular weight excluding hydrogens is 310 g/mol. The van der Waals surface area contributed by atoms with E-state index in [-0.39, 0.29) is 0 Å². The highest BCUT2D eigenvalue weighted by molar-refractivity contribution is 5.98. The maximum Gasteiger partial charge on any atom is 0.167 e. The number of nitrogens with zero attached hydrogens (tertiary/aromatic N) is 4. The van der Waals surface area contributed by atoms with Gasteiger partial charge in [0.25, 0.3) is 0 Å². The number of aromatic nitrogens is 4. The molecule has 0 aromatic carbocycles. The predicted octanol–water partition coefficient (Wildman–Crippen LogP) is -3.37. The first-order valence-corrected chi connectivity index (χ1v) is 8.09. The molecule has 0 amide bonds. The van der Waals surface area contributed by atoms with Crippen LogP contribution in [0.2, 0.25) is 0 Å². The van der Waals surface area contributed by atoms with Gasteiger partial charge in [-0.2, -0.15) is 0 Å². The van der Waals surface area contributed by atoms with Crippen molar-refractivity contribution in [2.24, 2.45) is 0 Å². The molecule has 3 rings (SSSR count). The van der Waals surface area contributed by atoms with Crippen LogP contribution in [0.25, 0.3) is 11.2 Å². The summed E-state index contributed by atoms with van der Waals surface area (Å²) in [5.74, 6) is 0.306. The van der Waals surface area contributed by atoms with E-state index in [1.165, 1.54) is 6.33 Å². The number of ether oxygens (including phenoxy) is 1. The molecule has 0 spiro atoms. The first-order valence-electron chi connectivity index (χ1n) is 6.45. The monoisotopic (exact) mass is 327 g/mol. The van der Waals surface area contributed by atoms with E-state index in [2.05, 4.69) is 15.0 Å². The van der Waals surface area contributed by atoms with Gasteiger partial charge in [0.15, 0.2) is 17.7 Å². The van der Waals surface area contributed by atoms with Crippen molar-refractivity contribution in [1.82, 2.24) is 19.5 Å². The Kier molecular flexibility index (Phi) is 4.01. The first kappa shape index (κ1) is 14.6. The molecule has 21 heavy (non-hydrogen) atoms. The van der Waals surface area contributed by atoms with Crippen molar-refractivity contribution >= 4 is 38.0 Å². The second kappa shape index (κ2) is 5.78. The van der Waals surface area contributed by atoms with E-state index in [0.717, 1.165) is 0 Å². The second-order valence-corrected chi connectivity index (χ2v) is 5.84. The van der Waals surface area contributed by atoms with Crippen molar-refractivity contribution in [3.8, 4) is 0 Å². The lowest BCUT2D eigenvalue weighted by molar-refractivity contribution is -0.0432. The van der Waals surface area contributed by atoms with Crippen molar-refractivity contribution in [2.45, 2.75) is 24.5 Å². The molecule has 0 bridgehead atoms. The molecule has 9 nitrogen and oxygen atoms in total. The predicted molar refractivity (Wildman–Crippen MR) is 80.4 cm³/mol. The van der Waals surface area contributed by atoms with Crippen molar-refractivity contribution in [1.29, 1.82) is 0 Å². The largest absolute Gasteiger partial charge is 0.425 e. The quantitative estimate of drug-likeness (QED) is 0.559. The third-order valence-corrected chi connectivity index (χ3v) is 4.45. The van der Waals surface area contributed by atoms with Crippen LogP contribution in [0.1, 0.15) is 6.23 Å². The maximum absolute atomic E-state index is 10.3. The Morgan fingerprint density at radius 1 is 1.38 bits per heavy atom. The lowest BCUT2D eigenvalue weighted by Gasteiger charge is -2.20. The molecule has 3 N–H and O–H groups in total. The van der Waals surface area contributed by atoms with Crippen LogP contribution in [-0.4, -0.2) is 70.5 Å². The molecule has 4 atom stereocenters. The SMILES string of the molecule is Nc1ncnc2c1ncn2[C@@H]1O[C@H](CO[SiH3])C(O)C1O[SiH3]. The highest BCUT2D eigenvalue weighted by Crippen LogP contribution is 2.33. The fourth-order valence-electron chi connectivity index (χ4n) is 2.56. The molecule has 0 radical (unpaired) electrons. The van der Waals surface area contributed by atoms with Crippen LogP contribution in [0.4, 0.5) is 5.82 Å². The number of aliphatic hydroxyl groups excluding tert-OH is 1. The molecule has 2 aromatic rings. The van der Waals surface area contributed by atoms with E-state index in [1.807, 2.05) is 0 Å². The molecule has 2 unspecified atom stereocenters. The van der Waals surface area contributed by atoms with E-state index in [4.69, 9.17) is 19.3 Å². The molecule has 1 aliphatic heterocycles. The van der Waals surface area contributed by atoms with Crippen LogP contribution in [0.5, 0.6) is 0 Å². The van der Waals surface area contributed by atoms with E-state index in [1.54, 1.807) is 10.9 Å². The normalized spacial score (nSPS) is 29.6. The highest BCUT2D eigenvalue weighted by atomic mass is 28.2. The molecule has 0 saturated carbocycles. The smallest absolute Gasteiger partial charge is 0.167 e. The van der Waals surface area contributed by atoms with Crippen LogP contribution < -0.4 is 5.73 Å². The molecule has 3 heterocycles. The van der Waals surface area contributed by atoms with Crippen LogP contribution in [0, 0.1) is 0 Å². The minimum absolute atomic E-state index is 0.306. The summed E-state index contributed by atoms with van der Waals surface area (Å²) < 4.78 is 18.3. The fraction of sp³-hybridized carbons (Fsp3) is 0.500. The average Bonchev–Trinajstić information content (AvgIpc) is 3.02. The molecule has 11 heteroatoms. The number of nitrogen functional groups attached to an aromatic ring is 1. The van der Waals surface area contributed by atoms with Gasteiger partial charge in [-0.1, -0.05) is 0 Å². The summed E-state index contributed by atoms with van der Waals surface area (Å²) in [5.41, 5.74) is 6.84. The number of nitrogens with two attached hydrogens (primary N) is 1. The van der Waals surface area contributed by atoms with Gasteiger partial charge in [0.1, 0.15) is 51.1 Å². The Labute approximate surface area is 126 Å². The summed E-state index contributed by atoms with van der Waals surface area (Å²) >= 11 is 0. The number of aliphatic hydroxyl groups is 1. The van der Waals surface area contributed by atoms with Gasteiger partial charge in [0.05, 0.1) is 12.9 Å². The van der Waals surface area contributed by atoms with Gasteiger partial charge in [-0.25, -0.2) is 15.0 Å². The zero-order valence-electron chi connectivity index (χ0n) is 11.7. The molecule has 0 aliphatic carbocycles. The Morgan fingerprint density at radius 2 is 2.19 bits per heavy atom. The molecule has 1 fully saturated rings. The number of fused-ring (bicyclic) bond motifs is 1. The van der Waals surface area contributed by atoms with Crippen LogP contribution >= 0.6 is 0 Å². The molecule has 114 valence electrons. The van der Waals surface area contributed by atoms with Gasteiger partial charge < -0.3 is 24.4 Å². The Morgan fingerprint density at radius 3 is 2.90 bits per heavy atom. The summed E-state index contributed by atoms with van der Waals surface area (Å²) in [6.45, 7) is 0.342. The van der Waals surface area contributed by atoms with Gasteiger partial charge in [0, 0.05) is 0 Å². The van der Waals surface area contributed by atoms with Crippen LogP contribution in [-0.2, 0) is 13.6 Å². The Balaban J connectivity index is 1.99. The van der Waals surface area contributed by atoms with Gasteiger partial charge >= 0.3 is 0 Å². The molecule has 1 aliphatic rings. The number of anilines is 1. The summed E-state index contributed by atoms with van der Waals surface area (Å²) in [4.78, 5) is 12.3. The Bertz CT molecular complexity index is 641. The maximum atomic E-state index is 10.3. The zero-order valence-corrected chi connectivity index (χ0v) is 15.7. The van der Waals surface area contributed by atoms with E-state index in [9.17, 15) is 5.11 Å². The summed E-state index contributed by atoms with van der Waals surface area (Å²) in [5, 5.41) is 10.3. The fourth-order valence-corrected chi connectivity index (χ4v) is 3.40.